The molecule has 0 spiro atoms. The van der Waals surface area contributed by atoms with Gasteiger partial charge in [0.2, 0.25) is 0 Å². The minimum atomic E-state index is -2.17. The standard InChI is InChI=1S/C7H9O2.3C4H9.Sn/c1-3-5-6-7(8)9-4-2;3*1-3-4-2;/h1,3,5-6H,4H2,2H3;3*1,3-4H2,2H3;/b3-1?,6-5-;;;;. The first-order valence-corrected chi connectivity index (χ1v) is 16.9. The van der Waals surface area contributed by atoms with E-state index in [1.165, 1.54) is 51.8 Å². The summed E-state index contributed by atoms with van der Waals surface area (Å²) in [5.74, 6) is -0.233. The van der Waals surface area contributed by atoms with Crippen LogP contribution in [0.4, 0.5) is 0 Å². The minimum absolute atomic E-state index is 0.233. The molecule has 0 aliphatic rings. The van der Waals surface area contributed by atoms with Gasteiger partial charge in [0.15, 0.2) is 0 Å². The van der Waals surface area contributed by atoms with Crippen LogP contribution in [-0.4, -0.2) is 31.0 Å². The summed E-state index contributed by atoms with van der Waals surface area (Å²) in [6, 6.07) is 0. The number of hydrogen-bond acceptors (Lipinski definition) is 2. The molecule has 0 bridgehead atoms. The Morgan fingerprint density at radius 1 is 0.864 bits per heavy atom. The molecule has 128 valence electrons. The Bertz CT molecular complexity index is 313. The summed E-state index contributed by atoms with van der Waals surface area (Å²) in [4.78, 5) is 11.4. The van der Waals surface area contributed by atoms with Crippen molar-refractivity contribution in [3.63, 3.8) is 0 Å². The van der Waals surface area contributed by atoms with Gasteiger partial charge in [-0.3, -0.25) is 0 Å². The number of ether oxygens (including phenoxy) is 1. The van der Waals surface area contributed by atoms with Crippen LogP contribution in [0.25, 0.3) is 0 Å². The average molecular weight is 415 g/mol. The Morgan fingerprint density at radius 3 is 1.77 bits per heavy atom. The van der Waals surface area contributed by atoms with E-state index in [1.54, 1.807) is 6.08 Å². The van der Waals surface area contributed by atoms with Gasteiger partial charge in [0, 0.05) is 0 Å². The molecule has 0 radical (unpaired) electrons. The van der Waals surface area contributed by atoms with Gasteiger partial charge in [0.05, 0.1) is 0 Å². The van der Waals surface area contributed by atoms with Crippen molar-refractivity contribution in [2.45, 2.75) is 79.5 Å². The molecule has 0 unspecified atom stereocenters. The first kappa shape index (κ1) is 21.7. The molecule has 0 N–H and O–H groups in total. The number of carbonyl (C=O) groups excluding carboxylic acids is 1. The first-order valence-electron chi connectivity index (χ1n) is 9.16. The molecule has 3 heteroatoms. The van der Waals surface area contributed by atoms with Crippen LogP contribution in [0.3, 0.4) is 0 Å². The summed E-state index contributed by atoms with van der Waals surface area (Å²) < 4.78 is 11.9. The van der Waals surface area contributed by atoms with Gasteiger partial charge in [-0.2, -0.15) is 0 Å². The number of esters is 1. The van der Waals surface area contributed by atoms with E-state index in [0.29, 0.717) is 6.61 Å². The van der Waals surface area contributed by atoms with Crippen molar-refractivity contribution in [3.8, 4) is 0 Å². The molecule has 0 rings (SSSR count). The molecule has 0 aliphatic heterocycles. The molecule has 0 aromatic heterocycles. The zero-order valence-electron chi connectivity index (χ0n) is 15.2. The topological polar surface area (TPSA) is 26.3 Å². The predicted molar refractivity (Wildman–Crippen MR) is 99.8 cm³/mol. The van der Waals surface area contributed by atoms with Crippen LogP contribution >= 0.6 is 0 Å². The van der Waals surface area contributed by atoms with Gasteiger partial charge in [0.1, 0.15) is 0 Å². The van der Waals surface area contributed by atoms with Crippen molar-refractivity contribution in [3.05, 3.63) is 22.3 Å². The quantitative estimate of drug-likeness (QED) is 0.158. The van der Waals surface area contributed by atoms with E-state index in [9.17, 15) is 4.79 Å². The van der Waals surface area contributed by atoms with E-state index in [4.69, 9.17) is 4.74 Å². The van der Waals surface area contributed by atoms with E-state index in [-0.39, 0.29) is 5.97 Å². The van der Waals surface area contributed by atoms with Crippen LogP contribution in [-0.2, 0) is 9.53 Å². The van der Waals surface area contributed by atoms with E-state index in [0.717, 1.165) is 0 Å². The van der Waals surface area contributed by atoms with Crippen molar-refractivity contribution in [1.29, 1.82) is 0 Å². The van der Waals surface area contributed by atoms with Crippen molar-refractivity contribution in [2.75, 3.05) is 6.61 Å². The monoisotopic (exact) mass is 416 g/mol. The predicted octanol–water partition coefficient (Wildman–Crippen LogP) is 6.05. The maximum atomic E-state index is 11.4. The third-order valence-corrected chi connectivity index (χ3v) is 18.3. The molecule has 0 heterocycles. The SMILES string of the molecule is CCC[CH2][Sn](/[CH]=C\C=C/C(=O)OCC)([CH2]CCC)[CH2]CCC. The van der Waals surface area contributed by atoms with E-state index in [1.807, 2.05) is 13.0 Å². The fraction of sp³-hybridized carbons (Fsp3) is 0.737. The van der Waals surface area contributed by atoms with Gasteiger partial charge in [-0.1, -0.05) is 0 Å². The summed E-state index contributed by atoms with van der Waals surface area (Å²) in [6.07, 6.45) is 13.6. The van der Waals surface area contributed by atoms with Crippen LogP contribution in [0, 0.1) is 0 Å². The zero-order valence-corrected chi connectivity index (χ0v) is 18.1. The molecule has 0 aliphatic carbocycles. The second kappa shape index (κ2) is 14.3. The fourth-order valence-corrected chi connectivity index (χ4v) is 16.9. The Morgan fingerprint density at radius 2 is 1.36 bits per heavy atom. The Hall–Kier alpha value is -0.251. The molecule has 0 fully saturated rings. The number of hydrogen-bond donors (Lipinski definition) is 0. The Kier molecular flexibility index (Phi) is 14.2. The zero-order chi connectivity index (χ0) is 16.7. The van der Waals surface area contributed by atoms with Crippen LogP contribution in [0.15, 0.2) is 22.3 Å². The summed E-state index contributed by atoms with van der Waals surface area (Å²) in [6.45, 7) is 9.16. The van der Waals surface area contributed by atoms with Crippen LogP contribution in [0.5, 0.6) is 0 Å². The van der Waals surface area contributed by atoms with E-state index >= 15 is 0 Å². The molecule has 0 saturated carbocycles. The van der Waals surface area contributed by atoms with Gasteiger partial charge in [-0.15, -0.1) is 0 Å². The van der Waals surface area contributed by atoms with Crippen molar-refractivity contribution < 1.29 is 9.53 Å². The van der Waals surface area contributed by atoms with Crippen LogP contribution < -0.4 is 0 Å². The van der Waals surface area contributed by atoms with Crippen LogP contribution in [0.2, 0.25) is 13.3 Å². The molecule has 0 saturated heterocycles. The molecule has 22 heavy (non-hydrogen) atoms. The van der Waals surface area contributed by atoms with Gasteiger partial charge >= 0.3 is 142 Å². The average Bonchev–Trinajstić information content (AvgIpc) is 2.52. The normalized spacial score (nSPS) is 12.4. The molecule has 0 aromatic carbocycles. The second-order valence-corrected chi connectivity index (χ2v) is 19.2. The summed E-state index contributed by atoms with van der Waals surface area (Å²) >= 11 is -2.17. The van der Waals surface area contributed by atoms with Crippen molar-refractivity contribution in [2.24, 2.45) is 0 Å². The van der Waals surface area contributed by atoms with E-state index in [2.05, 4.69) is 30.9 Å². The first-order chi connectivity index (χ1) is 10.6. The molecule has 0 aromatic rings. The summed E-state index contributed by atoms with van der Waals surface area (Å²) in [5, 5.41) is 0. The summed E-state index contributed by atoms with van der Waals surface area (Å²) in [5.41, 5.74) is 0. The number of unbranched alkanes of at least 4 members (excludes halogenated alkanes) is 3. The molecule has 0 amide bonds. The number of allylic oxidation sites excluding steroid dienone is 2. The molecule has 0 atom stereocenters. The maximum absolute atomic E-state index is 11.4. The van der Waals surface area contributed by atoms with Gasteiger partial charge in [0.25, 0.3) is 0 Å². The van der Waals surface area contributed by atoms with Crippen LogP contribution in [0.1, 0.15) is 66.2 Å². The van der Waals surface area contributed by atoms with Crippen molar-refractivity contribution >= 4 is 24.3 Å². The molecular weight excluding hydrogens is 379 g/mol. The Balaban J connectivity index is 4.86. The van der Waals surface area contributed by atoms with Gasteiger partial charge in [-0.25, -0.2) is 0 Å². The number of carbonyl (C=O) groups is 1. The number of rotatable bonds is 13. The molecule has 2 nitrogen and oxygen atoms in total. The van der Waals surface area contributed by atoms with Gasteiger partial charge < -0.3 is 0 Å². The third-order valence-electron chi connectivity index (χ3n) is 4.16. The second-order valence-electron chi connectivity index (χ2n) is 6.14. The molecular formula is C19H36O2Sn. The van der Waals surface area contributed by atoms with Crippen molar-refractivity contribution in [1.82, 2.24) is 0 Å². The Labute approximate surface area is 142 Å². The summed E-state index contributed by atoms with van der Waals surface area (Å²) in [7, 11) is 0. The third kappa shape index (κ3) is 10.5. The fourth-order valence-electron chi connectivity index (χ4n) is 2.80. The van der Waals surface area contributed by atoms with Gasteiger partial charge in [-0.05, 0) is 0 Å². The van der Waals surface area contributed by atoms with E-state index < -0.39 is 18.4 Å².